The monoisotopic (exact) mass is 740 g/mol. The molecule has 0 aliphatic heterocycles. The average Bonchev–Trinajstić information content (AvgIpc) is 3.31. The van der Waals surface area contributed by atoms with Crippen LogP contribution in [0.4, 0.5) is 0 Å². The molecule has 0 atom stereocenters. The van der Waals surface area contributed by atoms with Gasteiger partial charge in [0.2, 0.25) is 0 Å². The second-order valence-corrected chi connectivity index (χ2v) is 14.4. The first-order valence-electron chi connectivity index (χ1n) is 19.2. The topological polar surface area (TPSA) is 77.3 Å². The fourth-order valence-electron chi connectivity index (χ4n) is 8.06. The van der Waals surface area contributed by atoms with Crippen LogP contribution in [0, 0.1) is 0 Å². The Hall–Kier alpha value is -7.96. The van der Waals surface area contributed by atoms with E-state index < -0.39 is 0 Å². The molecule has 4 aromatic heterocycles. The molecule has 0 spiro atoms. The highest BCUT2D eigenvalue weighted by Gasteiger charge is 2.19. The molecule has 7 aromatic carbocycles. The van der Waals surface area contributed by atoms with Crippen molar-refractivity contribution in [3.8, 4) is 67.5 Å². The van der Waals surface area contributed by atoms with Crippen molar-refractivity contribution in [3.63, 3.8) is 0 Å². The minimum absolute atomic E-state index is 0.571. The van der Waals surface area contributed by atoms with E-state index in [9.17, 15) is 0 Å². The average molecular weight is 741 g/mol. The van der Waals surface area contributed by atoms with Gasteiger partial charge in [-0.25, -0.2) is 15.0 Å². The molecule has 0 unspecified atom stereocenters. The Morgan fingerprint density at radius 2 is 0.862 bits per heavy atom. The molecule has 11 aromatic rings. The second kappa shape index (κ2) is 14.0. The Morgan fingerprint density at radius 1 is 0.293 bits per heavy atom. The normalized spacial score (nSPS) is 11.4. The minimum Gasteiger partial charge on any atom is -0.264 e. The maximum absolute atomic E-state index is 5.34. The highest BCUT2D eigenvalue weighted by molar-refractivity contribution is 6.13. The summed E-state index contributed by atoms with van der Waals surface area (Å²) >= 11 is 0. The third-order valence-corrected chi connectivity index (χ3v) is 10.9. The van der Waals surface area contributed by atoms with Gasteiger partial charge in [-0.05, 0) is 97.9 Å². The highest BCUT2D eigenvalue weighted by Crippen LogP contribution is 2.39. The Bertz CT molecular complexity index is 3330. The number of pyridine rings is 3. The lowest BCUT2D eigenvalue weighted by molar-refractivity contribution is 1.08. The van der Waals surface area contributed by atoms with Crippen molar-refractivity contribution in [1.82, 2.24) is 29.9 Å². The summed E-state index contributed by atoms with van der Waals surface area (Å²) in [5.41, 5.74) is 10.7. The van der Waals surface area contributed by atoms with Gasteiger partial charge in [0.15, 0.2) is 17.5 Å². The van der Waals surface area contributed by atoms with Crippen LogP contribution in [-0.2, 0) is 0 Å². The van der Waals surface area contributed by atoms with E-state index >= 15 is 0 Å². The second-order valence-electron chi connectivity index (χ2n) is 14.4. The van der Waals surface area contributed by atoms with Crippen LogP contribution in [0.2, 0.25) is 0 Å². The van der Waals surface area contributed by atoms with E-state index in [2.05, 4.69) is 151 Å². The summed E-state index contributed by atoms with van der Waals surface area (Å²) in [6, 6.07) is 59.0. The first-order chi connectivity index (χ1) is 28.7. The lowest BCUT2D eigenvalue weighted by Crippen LogP contribution is -2.01. The van der Waals surface area contributed by atoms with Crippen molar-refractivity contribution in [2.45, 2.75) is 0 Å². The lowest BCUT2D eigenvalue weighted by Gasteiger charge is -2.15. The largest absolute Gasteiger partial charge is 0.264 e. The SMILES string of the molecule is c1ccc(-c2ccc(-c3nc(-c4cc(-c5cccnc5)cc(-c5cc6cccnc6c6ncccc56)c4)nc(-c4cc5ccccc5c5ccccc45)n3)cc2)cc1. The van der Waals surface area contributed by atoms with Crippen molar-refractivity contribution in [2.75, 3.05) is 0 Å². The molecular weight excluding hydrogens is 709 g/mol. The van der Waals surface area contributed by atoms with Gasteiger partial charge in [0, 0.05) is 57.8 Å². The number of aromatic nitrogens is 6. The predicted octanol–water partition coefficient (Wildman–Crippen LogP) is 12.7. The van der Waals surface area contributed by atoms with Crippen molar-refractivity contribution < 1.29 is 0 Å². The number of fused-ring (bicyclic) bond motifs is 6. The molecule has 0 saturated heterocycles. The molecule has 58 heavy (non-hydrogen) atoms. The zero-order valence-corrected chi connectivity index (χ0v) is 31.2. The van der Waals surface area contributed by atoms with Crippen molar-refractivity contribution in [3.05, 3.63) is 195 Å². The van der Waals surface area contributed by atoms with Crippen molar-refractivity contribution in [1.29, 1.82) is 0 Å². The zero-order valence-electron chi connectivity index (χ0n) is 31.2. The summed E-state index contributed by atoms with van der Waals surface area (Å²) in [7, 11) is 0. The summed E-state index contributed by atoms with van der Waals surface area (Å²) in [6.07, 6.45) is 7.34. The van der Waals surface area contributed by atoms with Crippen molar-refractivity contribution >= 4 is 43.4 Å². The molecule has 0 amide bonds. The van der Waals surface area contributed by atoms with E-state index in [1.54, 1.807) is 6.20 Å². The van der Waals surface area contributed by atoms with E-state index in [1.807, 2.05) is 42.9 Å². The number of nitrogens with zero attached hydrogens (tertiary/aromatic N) is 6. The first-order valence-corrected chi connectivity index (χ1v) is 19.2. The molecule has 0 aliphatic rings. The van der Waals surface area contributed by atoms with Gasteiger partial charge in [-0.15, -0.1) is 0 Å². The highest BCUT2D eigenvalue weighted by atomic mass is 15.0. The van der Waals surface area contributed by atoms with E-state index in [-0.39, 0.29) is 0 Å². The molecule has 6 heteroatoms. The fraction of sp³-hybridized carbons (Fsp3) is 0. The third-order valence-electron chi connectivity index (χ3n) is 10.9. The standard InChI is InChI=1S/C52H32N6/c1-2-11-33(12-3-1)34-20-22-35(23-21-34)50-56-51(58-52(57-50)47-30-36-13-4-5-16-42(36)43-17-6-7-18-44(43)47)41-28-39(38-15-8-24-53-32-38)27-40(29-41)46-31-37-14-9-25-54-48(37)49-45(46)19-10-26-55-49/h1-32H. The summed E-state index contributed by atoms with van der Waals surface area (Å²) in [5, 5.41) is 6.58. The Balaban J connectivity index is 1.17. The van der Waals surface area contributed by atoms with Gasteiger partial charge in [-0.2, -0.15) is 0 Å². The number of hydrogen-bond acceptors (Lipinski definition) is 6. The van der Waals surface area contributed by atoms with Gasteiger partial charge in [0.25, 0.3) is 0 Å². The van der Waals surface area contributed by atoms with Crippen LogP contribution in [0.15, 0.2) is 195 Å². The van der Waals surface area contributed by atoms with Gasteiger partial charge < -0.3 is 0 Å². The van der Waals surface area contributed by atoms with Crippen LogP contribution in [0.5, 0.6) is 0 Å². The summed E-state index contributed by atoms with van der Waals surface area (Å²) in [5.74, 6) is 1.77. The summed E-state index contributed by atoms with van der Waals surface area (Å²) in [6.45, 7) is 0. The van der Waals surface area contributed by atoms with E-state index in [0.29, 0.717) is 17.5 Å². The molecule has 0 bridgehead atoms. The van der Waals surface area contributed by atoms with Gasteiger partial charge in [-0.1, -0.05) is 121 Å². The molecule has 0 fully saturated rings. The van der Waals surface area contributed by atoms with Gasteiger partial charge >= 0.3 is 0 Å². The van der Waals surface area contributed by atoms with Gasteiger partial charge in [-0.3, -0.25) is 15.0 Å². The zero-order chi connectivity index (χ0) is 38.4. The maximum atomic E-state index is 5.34. The minimum atomic E-state index is 0.571. The van der Waals surface area contributed by atoms with Crippen molar-refractivity contribution in [2.24, 2.45) is 0 Å². The van der Waals surface area contributed by atoms with Crippen LogP contribution in [0.1, 0.15) is 0 Å². The van der Waals surface area contributed by atoms with Crippen LogP contribution in [0.3, 0.4) is 0 Å². The molecule has 11 rings (SSSR count). The Labute approximate surface area is 334 Å². The molecule has 0 radical (unpaired) electrons. The number of hydrogen-bond donors (Lipinski definition) is 0. The van der Waals surface area contributed by atoms with Gasteiger partial charge in [0.1, 0.15) is 0 Å². The fourth-order valence-corrected chi connectivity index (χ4v) is 8.06. The molecule has 0 aliphatic carbocycles. The quantitative estimate of drug-likeness (QED) is 0.158. The summed E-state index contributed by atoms with van der Waals surface area (Å²) < 4.78 is 0. The van der Waals surface area contributed by atoms with Crippen LogP contribution < -0.4 is 0 Å². The van der Waals surface area contributed by atoms with E-state index in [0.717, 1.165) is 88.0 Å². The predicted molar refractivity (Wildman–Crippen MR) is 236 cm³/mol. The van der Waals surface area contributed by atoms with Gasteiger partial charge in [0.05, 0.1) is 11.0 Å². The van der Waals surface area contributed by atoms with Crippen LogP contribution in [-0.4, -0.2) is 29.9 Å². The molecular formula is C52H32N6. The Kier molecular flexibility index (Phi) is 8.04. The van der Waals surface area contributed by atoms with Crippen LogP contribution in [0.25, 0.3) is 111 Å². The number of benzene rings is 7. The molecule has 0 saturated carbocycles. The molecule has 6 nitrogen and oxygen atoms in total. The van der Waals surface area contributed by atoms with E-state index in [1.165, 1.54) is 5.39 Å². The molecule has 0 N–H and O–H groups in total. The smallest absolute Gasteiger partial charge is 0.164 e. The molecule has 270 valence electrons. The van der Waals surface area contributed by atoms with Crippen LogP contribution >= 0.6 is 0 Å². The van der Waals surface area contributed by atoms with E-state index in [4.69, 9.17) is 24.9 Å². The lowest BCUT2D eigenvalue weighted by atomic mass is 9.93. The maximum Gasteiger partial charge on any atom is 0.164 e. The molecule has 4 heterocycles. The number of rotatable bonds is 6. The summed E-state index contributed by atoms with van der Waals surface area (Å²) in [4.78, 5) is 29.9. The Morgan fingerprint density at radius 3 is 1.69 bits per heavy atom. The third kappa shape index (κ3) is 5.92. The first kappa shape index (κ1) is 33.4.